The number of carbonyl (C=O) groups excluding carboxylic acids is 1. The maximum Gasteiger partial charge on any atom is 0.254 e. The van der Waals surface area contributed by atoms with Crippen LogP contribution in [0.3, 0.4) is 0 Å². The van der Waals surface area contributed by atoms with E-state index in [1.54, 1.807) is 43.3 Å². The number of nitrogens with two attached hydrogens (primary N) is 1. The van der Waals surface area contributed by atoms with Crippen LogP contribution in [0, 0.1) is 5.82 Å². The topological polar surface area (TPSA) is 81.3 Å². The van der Waals surface area contributed by atoms with Crippen LogP contribution in [0.5, 0.6) is 0 Å². The van der Waals surface area contributed by atoms with Crippen molar-refractivity contribution < 1.29 is 9.18 Å². The number of hydrogen-bond acceptors (Lipinski definition) is 7. The Bertz CT molecular complexity index is 999. The van der Waals surface area contributed by atoms with Gasteiger partial charge in [-0.15, -0.1) is 0 Å². The van der Waals surface area contributed by atoms with Crippen molar-refractivity contribution in [2.75, 3.05) is 43.5 Å². The number of benzene rings is 1. The molecular formula is C26H38FN7O. The van der Waals surface area contributed by atoms with Gasteiger partial charge in [-0.05, 0) is 84.4 Å². The highest BCUT2D eigenvalue weighted by Gasteiger charge is 2.36. The molecule has 0 radical (unpaired) electrons. The Hall–Kier alpha value is -3.30. The quantitative estimate of drug-likeness (QED) is 0.282. The van der Waals surface area contributed by atoms with Crippen molar-refractivity contribution in [3.8, 4) is 0 Å². The van der Waals surface area contributed by atoms with Crippen LogP contribution in [0.2, 0.25) is 0 Å². The summed E-state index contributed by atoms with van der Waals surface area (Å²) < 4.78 is 13.6. The van der Waals surface area contributed by atoms with Gasteiger partial charge in [0.1, 0.15) is 17.2 Å². The van der Waals surface area contributed by atoms with Crippen molar-refractivity contribution in [2.45, 2.75) is 39.8 Å². The van der Waals surface area contributed by atoms with Crippen LogP contribution in [-0.2, 0) is 11.3 Å². The lowest BCUT2D eigenvalue weighted by molar-refractivity contribution is -0.127. The van der Waals surface area contributed by atoms with Crippen molar-refractivity contribution in [3.05, 3.63) is 65.9 Å². The number of likely N-dealkylation sites (N-methyl/N-ethyl adjacent to an activating group) is 1. The van der Waals surface area contributed by atoms with Gasteiger partial charge in [-0.3, -0.25) is 9.79 Å². The Kier molecular flexibility index (Phi) is 9.91. The van der Waals surface area contributed by atoms with Gasteiger partial charge in [0.2, 0.25) is 0 Å². The second-order valence-electron chi connectivity index (χ2n) is 9.05. The van der Waals surface area contributed by atoms with Gasteiger partial charge in [0, 0.05) is 37.7 Å². The van der Waals surface area contributed by atoms with E-state index >= 15 is 0 Å². The SMILES string of the molecule is C=N/C(=C\N(N)C(C)(C)C(=O)N(Cc1ccc(N(CC)CC)nc1)c1ccc(F)cc1)CN(C)C. The largest absolute Gasteiger partial charge is 0.357 e. The minimum atomic E-state index is -1.13. The summed E-state index contributed by atoms with van der Waals surface area (Å²) in [6, 6.07) is 9.74. The van der Waals surface area contributed by atoms with Crippen molar-refractivity contribution in [3.63, 3.8) is 0 Å². The number of hydrazine groups is 1. The second-order valence-corrected chi connectivity index (χ2v) is 9.05. The summed E-state index contributed by atoms with van der Waals surface area (Å²) in [7, 11) is 3.82. The van der Waals surface area contributed by atoms with Gasteiger partial charge >= 0.3 is 0 Å². The first kappa shape index (κ1) is 27.9. The molecule has 1 aromatic heterocycles. The number of aliphatic imine (C=N–C) groups is 1. The molecule has 2 rings (SSSR count). The molecule has 0 aliphatic rings. The molecule has 0 spiro atoms. The summed E-state index contributed by atoms with van der Waals surface area (Å²) in [4.78, 5) is 28.1. The van der Waals surface area contributed by atoms with E-state index in [0.29, 0.717) is 17.9 Å². The van der Waals surface area contributed by atoms with Crippen molar-refractivity contribution in [1.29, 1.82) is 0 Å². The van der Waals surface area contributed by atoms with Gasteiger partial charge < -0.3 is 19.7 Å². The Morgan fingerprint density at radius 2 is 1.77 bits per heavy atom. The molecule has 1 aromatic carbocycles. The average Bonchev–Trinajstić information content (AvgIpc) is 2.83. The molecular weight excluding hydrogens is 445 g/mol. The highest BCUT2D eigenvalue weighted by Crippen LogP contribution is 2.25. The smallest absolute Gasteiger partial charge is 0.254 e. The van der Waals surface area contributed by atoms with Crippen LogP contribution in [0.1, 0.15) is 33.3 Å². The first-order chi connectivity index (χ1) is 16.5. The summed E-state index contributed by atoms with van der Waals surface area (Å²) in [5.41, 5.74) is 0.896. The van der Waals surface area contributed by atoms with Gasteiger partial charge in [0.25, 0.3) is 5.91 Å². The Balaban J connectivity index is 2.39. The molecule has 0 aliphatic heterocycles. The number of rotatable bonds is 12. The molecule has 190 valence electrons. The zero-order valence-corrected chi connectivity index (χ0v) is 21.7. The molecule has 0 saturated heterocycles. The normalized spacial score (nSPS) is 12.0. The minimum Gasteiger partial charge on any atom is -0.357 e. The summed E-state index contributed by atoms with van der Waals surface area (Å²) in [6.07, 6.45) is 3.38. The van der Waals surface area contributed by atoms with Gasteiger partial charge in [0.05, 0.1) is 12.2 Å². The highest BCUT2D eigenvalue weighted by atomic mass is 19.1. The van der Waals surface area contributed by atoms with E-state index < -0.39 is 5.54 Å². The van der Waals surface area contributed by atoms with Crippen LogP contribution < -0.4 is 15.6 Å². The average molecular weight is 484 g/mol. The molecule has 0 atom stereocenters. The molecule has 0 bridgehead atoms. The Morgan fingerprint density at radius 3 is 2.26 bits per heavy atom. The first-order valence-electron chi connectivity index (χ1n) is 11.7. The zero-order chi connectivity index (χ0) is 26.2. The zero-order valence-electron chi connectivity index (χ0n) is 21.7. The van der Waals surface area contributed by atoms with Crippen molar-refractivity contribution >= 4 is 24.1 Å². The lowest BCUT2D eigenvalue weighted by Crippen LogP contribution is -2.57. The lowest BCUT2D eigenvalue weighted by atomic mass is 10.0. The number of hydrogen-bond donors (Lipinski definition) is 1. The van der Waals surface area contributed by atoms with E-state index in [0.717, 1.165) is 24.5 Å². The fraction of sp³-hybridized carbons (Fsp3) is 0.423. The molecule has 1 amide bonds. The van der Waals surface area contributed by atoms with Crippen LogP contribution in [-0.4, -0.2) is 66.8 Å². The number of nitrogens with zero attached hydrogens (tertiary/aromatic N) is 6. The molecule has 35 heavy (non-hydrogen) atoms. The Labute approximate surface area is 208 Å². The monoisotopic (exact) mass is 483 g/mol. The molecule has 9 heteroatoms. The molecule has 0 fully saturated rings. The summed E-state index contributed by atoms with van der Waals surface area (Å²) >= 11 is 0. The Morgan fingerprint density at radius 1 is 1.14 bits per heavy atom. The molecule has 0 saturated carbocycles. The summed E-state index contributed by atoms with van der Waals surface area (Å²) in [5.74, 6) is 6.59. The van der Waals surface area contributed by atoms with Crippen LogP contribution in [0.25, 0.3) is 0 Å². The fourth-order valence-electron chi connectivity index (χ4n) is 3.55. The van der Waals surface area contributed by atoms with Crippen molar-refractivity contribution in [2.24, 2.45) is 10.8 Å². The van der Waals surface area contributed by atoms with E-state index in [9.17, 15) is 9.18 Å². The van der Waals surface area contributed by atoms with Crippen LogP contribution >= 0.6 is 0 Å². The maximum absolute atomic E-state index is 13.9. The van der Waals surface area contributed by atoms with Gasteiger partial charge in [0.15, 0.2) is 0 Å². The molecule has 2 N–H and O–H groups in total. The van der Waals surface area contributed by atoms with Gasteiger partial charge in [-0.2, -0.15) is 0 Å². The second kappa shape index (κ2) is 12.4. The maximum atomic E-state index is 13.9. The summed E-state index contributed by atoms with van der Waals surface area (Å²) in [6.45, 7) is 13.7. The lowest BCUT2D eigenvalue weighted by Gasteiger charge is -2.37. The molecule has 0 unspecified atom stereocenters. The molecule has 1 heterocycles. The number of pyridine rings is 1. The fourth-order valence-corrected chi connectivity index (χ4v) is 3.55. The van der Waals surface area contributed by atoms with E-state index in [1.807, 2.05) is 31.1 Å². The van der Waals surface area contributed by atoms with E-state index in [4.69, 9.17) is 5.84 Å². The number of aromatic nitrogens is 1. The van der Waals surface area contributed by atoms with Crippen molar-refractivity contribution in [1.82, 2.24) is 14.9 Å². The number of carbonyl (C=O) groups is 1. The predicted octanol–water partition coefficient (Wildman–Crippen LogP) is 3.66. The summed E-state index contributed by atoms with van der Waals surface area (Å²) in [5, 5.41) is 1.35. The molecule has 8 nitrogen and oxygen atoms in total. The number of halogens is 1. The third-order valence-electron chi connectivity index (χ3n) is 5.76. The van der Waals surface area contributed by atoms with E-state index in [1.165, 1.54) is 17.1 Å². The minimum absolute atomic E-state index is 0.251. The third-order valence-corrected chi connectivity index (χ3v) is 5.76. The number of amides is 1. The highest BCUT2D eigenvalue weighted by molar-refractivity contribution is 5.99. The standard InChI is InChI=1S/C26H38FN7O/c1-8-32(9-2)24-15-10-20(16-30-24)17-33(23-13-11-21(27)12-14-23)25(35)26(3,4)34(28)19-22(29-5)18-31(6)7/h10-16,19H,5,8-9,17-18,28H2,1-4,6-7H3/b22-19-. The van der Waals surface area contributed by atoms with E-state index in [-0.39, 0.29) is 18.3 Å². The van der Waals surface area contributed by atoms with E-state index in [2.05, 4.69) is 35.4 Å². The van der Waals surface area contributed by atoms with Crippen LogP contribution in [0.4, 0.5) is 15.9 Å². The van der Waals surface area contributed by atoms with Gasteiger partial charge in [-0.25, -0.2) is 15.2 Å². The molecule has 0 aliphatic carbocycles. The molecule has 2 aromatic rings. The third kappa shape index (κ3) is 7.34. The van der Waals surface area contributed by atoms with Crippen LogP contribution in [0.15, 0.2) is 59.5 Å². The first-order valence-corrected chi connectivity index (χ1v) is 11.7. The predicted molar refractivity (Wildman–Crippen MR) is 142 cm³/mol. The van der Waals surface area contributed by atoms with Gasteiger partial charge in [-0.1, -0.05) is 6.07 Å². The number of anilines is 2.